The number of nitrogens with one attached hydrogen (secondary N) is 1. The Hall–Kier alpha value is -2.21. The van der Waals surface area contributed by atoms with Gasteiger partial charge in [0, 0.05) is 31.9 Å². The molecule has 0 radical (unpaired) electrons. The lowest BCUT2D eigenvalue weighted by molar-refractivity contribution is 0.311. The molecule has 1 aliphatic heterocycles. The maximum atomic E-state index is 4.54. The van der Waals surface area contributed by atoms with Crippen molar-refractivity contribution in [3.05, 3.63) is 36.5 Å². The minimum Gasteiger partial charge on any atom is -0.339 e. The van der Waals surface area contributed by atoms with Crippen molar-refractivity contribution in [2.75, 3.05) is 43.4 Å². The van der Waals surface area contributed by atoms with Crippen LogP contribution in [0.3, 0.4) is 0 Å². The molecule has 6 nitrogen and oxygen atoms in total. The molecule has 1 saturated heterocycles. The van der Waals surface area contributed by atoms with Crippen molar-refractivity contribution in [2.24, 2.45) is 0 Å². The molecule has 0 saturated carbocycles. The minimum atomic E-state index is 0.694. The zero-order valence-corrected chi connectivity index (χ0v) is 11.5. The Morgan fingerprint density at radius 1 is 1.05 bits per heavy atom. The fourth-order valence-corrected chi connectivity index (χ4v) is 2.16. The summed E-state index contributed by atoms with van der Waals surface area (Å²) >= 11 is 0. The van der Waals surface area contributed by atoms with Crippen LogP contribution in [-0.2, 0) is 0 Å². The molecule has 1 aromatic heterocycles. The summed E-state index contributed by atoms with van der Waals surface area (Å²) in [5, 5.41) is 11.4. The van der Waals surface area contributed by atoms with Gasteiger partial charge in [0.05, 0.1) is 6.20 Å². The molecular formula is C14H18N6. The van der Waals surface area contributed by atoms with Gasteiger partial charge in [-0.25, -0.2) is 0 Å². The molecule has 2 aromatic rings. The average molecular weight is 270 g/mol. The Labute approximate surface area is 118 Å². The molecule has 1 fully saturated rings. The molecule has 20 heavy (non-hydrogen) atoms. The van der Waals surface area contributed by atoms with Gasteiger partial charge in [-0.15, -0.1) is 5.10 Å². The van der Waals surface area contributed by atoms with Crippen molar-refractivity contribution in [1.82, 2.24) is 20.1 Å². The molecule has 6 heteroatoms. The number of benzene rings is 1. The van der Waals surface area contributed by atoms with Crippen LogP contribution < -0.4 is 10.2 Å². The highest BCUT2D eigenvalue weighted by Gasteiger charge is 2.17. The normalized spacial score (nSPS) is 16.1. The van der Waals surface area contributed by atoms with E-state index in [9.17, 15) is 0 Å². The van der Waals surface area contributed by atoms with Gasteiger partial charge in [0.2, 0.25) is 5.95 Å². The topological polar surface area (TPSA) is 57.2 Å². The second-order valence-electron chi connectivity index (χ2n) is 4.92. The van der Waals surface area contributed by atoms with E-state index >= 15 is 0 Å². The lowest BCUT2D eigenvalue weighted by atomic mass is 10.3. The largest absolute Gasteiger partial charge is 0.339 e. The van der Waals surface area contributed by atoms with E-state index in [4.69, 9.17) is 0 Å². The van der Waals surface area contributed by atoms with E-state index in [1.165, 1.54) is 0 Å². The number of likely N-dealkylation sites (N-methyl/N-ethyl adjacent to an activating group) is 1. The van der Waals surface area contributed by atoms with E-state index in [0.717, 1.165) is 37.7 Å². The third-order valence-corrected chi connectivity index (χ3v) is 3.38. The van der Waals surface area contributed by atoms with E-state index in [1.807, 2.05) is 30.3 Å². The van der Waals surface area contributed by atoms with Crippen molar-refractivity contribution in [2.45, 2.75) is 0 Å². The number of para-hydroxylation sites is 1. The van der Waals surface area contributed by atoms with Crippen LogP contribution in [0.2, 0.25) is 0 Å². The number of piperazine rings is 1. The second kappa shape index (κ2) is 5.83. The second-order valence-corrected chi connectivity index (χ2v) is 4.92. The van der Waals surface area contributed by atoms with E-state index in [-0.39, 0.29) is 0 Å². The first kappa shape index (κ1) is 12.8. The van der Waals surface area contributed by atoms with Crippen LogP contribution >= 0.6 is 0 Å². The molecule has 1 aliphatic rings. The van der Waals surface area contributed by atoms with Crippen LogP contribution in [0, 0.1) is 0 Å². The summed E-state index contributed by atoms with van der Waals surface area (Å²) in [6, 6.07) is 9.95. The van der Waals surface area contributed by atoms with Gasteiger partial charge in [-0.3, -0.25) is 0 Å². The zero-order chi connectivity index (χ0) is 13.8. The van der Waals surface area contributed by atoms with Gasteiger partial charge in [-0.05, 0) is 19.2 Å². The summed E-state index contributed by atoms with van der Waals surface area (Å²) < 4.78 is 0. The first-order chi connectivity index (χ1) is 9.81. The van der Waals surface area contributed by atoms with E-state index in [1.54, 1.807) is 6.20 Å². The zero-order valence-electron chi connectivity index (χ0n) is 11.5. The third kappa shape index (κ3) is 3.03. The average Bonchev–Trinajstić information content (AvgIpc) is 2.49. The smallest absolute Gasteiger partial charge is 0.247 e. The molecule has 0 spiro atoms. The Bertz CT molecular complexity index is 551. The van der Waals surface area contributed by atoms with Gasteiger partial charge in [0.15, 0.2) is 5.82 Å². The Morgan fingerprint density at radius 3 is 2.55 bits per heavy atom. The van der Waals surface area contributed by atoms with Crippen molar-refractivity contribution in [3.63, 3.8) is 0 Å². The molecule has 104 valence electrons. The number of hydrogen-bond donors (Lipinski definition) is 1. The number of aromatic nitrogens is 3. The SMILES string of the molecule is CN1CCN(c2nncc(Nc3ccccc3)n2)CC1. The lowest BCUT2D eigenvalue weighted by Crippen LogP contribution is -2.45. The number of anilines is 3. The highest BCUT2D eigenvalue weighted by atomic mass is 15.4. The van der Waals surface area contributed by atoms with Crippen molar-refractivity contribution in [3.8, 4) is 0 Å². The summed E-state index contributed by atoms with van der Waals surface area (Å²) in [5.41, 5.74) is 0.998. The number of hydrogen-bond acceptors (Lipinski definition) is 6. The highest BCUT2D eigenvalue weighted by molar-refractivity contribution is 5.55. The summed E-state index contributed by atoms with van der Waals surface area (Å²) in [4.78, 5) is 9.01. The van der Waals surface area contributed by atoms with E-state index < -0.39 is 0 Å². The third-order valence-electron chi connectivity index (χ3n) is 3.38. The van der Waals surface area contributed by atoms with Gasteiger partial charge in [-0.2, -0.15) is 10.1 Å². The van der Waals surface area contributed by atoms with Crippen LogP contribution in [0.15, 0.2) is 36.5 Å². The highest BCUT2D eigenvalue weighted by Crippen LogP contribution is 2.16. The molecular weight excluding hydrogens is 252 g/mol. The fraction of sp³-hybridized carbons (Fsp3) is 0.357. The van der Waals surface area contributed by atoms with Crippen LogP contribution in [0.5, 0.6) is 0 Å². The molecule has 0 aliphatic carbocycles. The molecule has 0 amide bonds. The molecule has 0 unspecified atom stereocenters. The van der Waals surface area contributed by atoms with Gasteiger partial charge in [-0.1, -0.05) is 18.2 Å². The van der Waals surface area contributed by atoms with Crippen molar-refractivity contribution < 1.29 is 0 Å². The number of rotatable bonds is 3. The molecule has 0 bridgehead atoms. The van der Waals surface area contributed by atoms with Crippen LogP contribution in [0.4, 0.5) is 17.5 Å². The minimum absolute atomic E-state index is 0.694. The fourth-order valence-electron chi connectivity index (χ4n) is 2.16. The van der Waals surface area contributed by atoms with Gasteiger partial charge in [0.25, 0.3) is 0 Å². The van der Waals surface area contributed by atoms with Crippen molar-refractivity contribution in [1.29, 1.82) is 0 Å². The monoisotopic (exact) mass is 270 g/mol. The molecule has 1 aromatic carbocycles. The maximum absolute atomic E-state index is 4.54. The standard InChI is InChI=1S/C14H18N6/c1-19-7-9-20(10-8-19)14-17-13(11-15-18-14)16-12-5-3-2-4-6-12/h2-6,11H,7-10H2,1H3,(H,16,17,18). The summed E-state index contributed by atoms with van der Waals surface area (Å²) in [6.45, 7) is 3.93. The Balaban J connectivity index is 1.73. The first-order valence-corrected chi connectivity index (χ1v) is 6.76. The summed E-state index contributed by atoms with van der Waals surface area (Å²) in [5.74, 6) is 1.42. The first-order valence-electron chi connectivity index (χ1n) is 6.76. The quantitative estimate of drug-likeness (QED) is 0.909. The summed E-state index contributed by atoms with van der Waals surface area (Å²) in [6.07, 6.45) is 1.65. The molecule has 3 rings (SSSR count). The van der Waals surface area contributed by atoms with Gasteiger partial charge < -0.3 is 15.1 Å². The van der Waals surface area contributed by atoms with Crippen LogP contribution in [0.25, 0.3) is 0 Å². The van der Waals surface area contributed by atoms with Crippen LogP contribution in [0.1, 0.15) is 0 Å². The number of nitrogens with zero attached hydrogens (tertiary/aromatic N) is 5. The molecule has 1 N–H and O–H groups in total. The Kier molecular flexibility index (Phi) is 3.73. The van der Waals surface area contributed by atoms with E-state index in [0.29, 0.717) is 5.95 Å². The van der Waals surface area contributed by atoms with E-state index in [2.05, 4.69) is 37.3 Å². The van der Waals surface area contributed by atoms with Gasteiger partial charge >= 0.3 is 0 Å². The van der Waals surface area contributed by atoms with Crippen molar-refractivity contribution >= 4 is 17.5 Å². The van der Waals surface area contributed by atoms with Gasteiger partial charge in [0.1, 0.15) is 0 Å². The molecule has 2 heterocycles. The maximum Gasteiger partial charge on any atom is 0.247 e. The Morgan fingerprint density at radius 2 is 1.80 bits per heavy atom. The lowest BCUT2D eigenvalue weighted by Gasteiger charge is -2.32. The predicted octanol–water partition coefficient (Wildman–Crippen LogP) is 1.37. The van der Waals surface area contributed by atoms with Crippen LogP contribution in [-0.4, -0.2) is 53.3 Å². The molecule has 0 atom stereocenters. The predicted molar refractivity (Wildman–Crippen MR) is 79.3 cm³/mol. The summed E-state index contributed by atoms with van der Waals surface area (Å²) in [7, 11) is 2.13.